The molecule has 0 spiro atoms. The molecule has 0 amide bonds. The molecule has 7 heteroatoms. The van der Waals surface area contributed by atoms with Crippen molar-refractivity contribution >= 4 is 0 Å². The first kappa shape index (κ1) is 13.1. The first-order valence-electron chi connectivity index (χ1n) is 7.12. The Bertz CT molecular complexity index is 789. The molecule has 1 atom stereocenters. The van der Waals surface area contributed by atoms with Crippen LogP contribution in [-0.4, -0.2) is 33.6 Å². The van der Waals surface area contributed by atoms with E-state index in [1.807, 2.05) is 24.3 Å². The van der Waals surface area contributed by atoms with Crippen molar-refractivity contribution in [3.8, 4) is 22.9 Å². The van der Waals surface area contributed by atoms with Gasteiger partial charge in [0.05, 0.1) is 17.7 Å². The molecular formula is C15H14N4O3. The highest BCUT2D eigenvalue weighted by Gasteiger charge is 2.24. The molecule has 0 radical (unpaired) electrons. The van der Waals surface area contributed by atoms with Gasteiger partial charge in [-0.1, -0.05) is 17.3 Å². The molecule has 1 unspecified atom stereocenters. The van der Waals surface area contributed by atoms with Crippen LogP contribution < -0.4 is 0 Å². The smallest absolute Gasteiger partial charge is 0.258 e. The molecule has 22 heavy (non-hydrogen) atoms. The monoisotopic (exact) mass is 298 g/mol. The Morgan fingerprint density at radius 2 is 1.91 bits per heavy atom. The maximum absolute atomic E-state index is 5.51. The van der Waals surface area contributed by atoms with E-state index in [0.717, 1.165) is 24.2 Å². The summed E-state index contributed by atoms with van der Waals surface area (Å²) in [5, 5.41) is 12.0. The summed E-state index contributed by atoms with van der Waals surface area (Å²) in [5.74, 6) is 2.30. The van der Waals surface area contributed by atoms with Crippen LogP contribution in [0.1, 0.15) is 24.1 Å². The molecule has 112 valence electrons. The van der Waals surface area contributed by atoms with Crippen molar-refractivity contribution in [1.82, 2.24) is 20.3 Å². The summed E-state index contributed by atoms with van der Waals surface area (Å²) in [6.07, 6.45) is 0.920. The molecule has 1 aromatic carbocycles. The summed E-state index contributed by atoms with van der Waals surface area (Å²) >= 11 is 0. The number of hydrogen-bond acceptors (Lipinski definition) is 7. The molecule has 0 saturated carbocycles. The minimum absolute atomic E-state index is 0.204. The molecule has 2 aromatic heterocycles. The summed E-state index contributed by atoms with van der Waals surface area (Å²) in [4.78, 5) is 4.51. The van der Waals surface area contributed by atoms with Gasteiger partial charge in [0.1, 0.15) is 0 Å². The number of rotatable bonds is 3. The van der Waals surface area contributed by atoms with Gasteiger partial charge in [-0.05, 0) is 18.6 Å². The average molecular weight is 298 g/mol. The topological polar surface area (TPSA) is 87.1 Å². The zero-order valence-corrected chi connectivity index (χ0v) is 12.0. The van der Waals surface area contributed by atoms with Crippen molar-refractivity contribution in [2.24, 2.45) is 0 Å². The predicted molar refractivity (Wildman–Crippen MR) is 75.9 cm³/mol. The fraction of sp³-hybridized carbons (Fsp3) is 0.333. The predicted octanol–water partition coefficient (Wildman–Crippen LogP) is 2.60. The van der Waals surface area contributed by atoms with Crippen LogP contribution in [0.2, 0.25) is 0 Å². The molecule has 0 bridgehead atoms. The molecule has 1 aliphatic heterocycles. The normalized spacial score (nSPS) is 18.0. The Morgan fingerprint density at radius 1 is 1.09 bits per heavy atom. The van der Waals surface area contributed by atoms with Crippen LogP contribution >= 0.6 is 0 Å². The average Bonchev–Trinajstić information content (AvgIpc) is 3.28. The zero-order valence-electron chi connectivity index (χ0n) is 12.0. The Hall–Kier alpha value is -2.54. The lowest BCUT2D eigenvalue weighted by atomic mass is 10.1. The highest BCUT2D eigenvalue weighted by molar-refractivity contribution is 5.75. The van der Waals surface area contributed by atoms with E-state index in [1.165, 1.54) is 0 Å². The minimum atomic E-state index is 0.204. The number of aromatic nitrogens is 4. The second kappa shape index (κ2) is 5.34. The van der Waals surface area contributed by atoms with Crippen molar-refractivity contribution in [3.63, 3.8) is 0 Å². The second-order valence-corrected chi connectivity index (χ2v) is 5.19. The van der Waals surface area contributed by atoms with Crippen LogP contribution in [0.4, 0.5) is 0 Å². The van der Waals surface area contributed by atoms with E-state index in [-0.39, 0.29) is 5.92 Å². The van der Waals surface area contributed by atoms with E-state index in [2.05, 4.69) is 20.3 Å². The molecular weight excluding hydrogens is 284 g/mol. The summed E-state index contributed by atoms with van der Waals surface area (Å²) in [5.41, 5.74) is 1.56. The molecule has 1 fully saturated rings. The van der Waals surface area contributed by atoms with Crippen LogP contribution in [0.25, 0.3) is 22.9 Å². The Labute approximate surface area is 126 Å². The van der Waals surface area contributed by atoms with Gasteiger partial charge in [-0.3, -0.25) is 0 Å². The number of ether oxygens (including phenoxy) is 1. The van der Waals surface area contributed by atoms with Crippen LogP contribution in [0.5, 0.6) is 0 Å². The minimum Gasteiger partial charge on any atom is -0.421 e. The highest BCUT2D eigenvalue weighted by Crippen LogP contribution is 2.31. The molecule has 1 saturated heterocycles. The van der Waals surface area contributed by atoms with Gasteiger partial charge in [-0.15, -0.1) is 10.2 Å². The fourth-order valence-corrected chi connectivity index (χ4v) is 2.51. The van der Waals surface area contributed by atoms with E-state index in [0.29, 0.717) is 30.1 Å². The van der Waals surface area contributed by atoms with Crippen LogP contribution in [0.15, 0.2) is 33.2 Å². The maximum atomic E-state index is 5.51. The van der Waals surface area contributed by atoms with E-state index >= 15 is 0 Å². The molecule has 0 N–H and O–H groups in total. The van der Waals surface area contributed by atoms with Crippen molar-refractivity contribution in [3.05, 3.63) is 36.0 Å². The quantitative estimate of drug-likeness (QED) is 0.734. The first-order chi connectivity index (χ1) is 10.8. The van der Waals surface area contributed by atoms with E-state index in [1.54, 1.807) is 6.92 Å². The molecule has 7 nitrogen and oxygen atoms in total. The summed E-state index contributed by atoms with van der Waals surface area (Å²) in [7, 11) is 0. The lowest BCUT2D eigenvalue weighted by molar-refractivity contribution is 0.192. The van der Waals surface area contributed by atoms with Gasteiger partial charge in [-0.25, -0.2) is 0 Å². The van der Waals surface area contributed by atoms with Gasteiger partial charge >= 0.3 is 0 Å². The van der Waals surface area contributed by atoms with Gasteiger partial charge in [0, 0.05) is 19.4 Å². The Morgan fingerprint density at radius 3 is 2.59 bits per heavy atom. The standard InChI is InChI=1S/C15H14N4O3/c1-9-17-18-15(21-9)12-5-3-2-4-11(12)14-16-13(19-22-14)10-6-7-20-8-10/h2-5,10H,6-8H2,1H3. The maximum Gasteiger partial charge on any atom is 0.258 e. The van der Waals surface area contributed by atoms with Crippen molar-refractivity contribution in [1.29, 1.82) is 0 Å². The lowest BCUT2D eigenvalue weighted by Crippen LogP contribution is -1.99. The Balaban J connectivity index is 1.73. The Kier molecular flexibility index (Phi) is 3.19. The third-order valence-corrected chi connectivity index (χ3v) is 3.65. The second-order valence-electron chi connectivity index (χ2n) is 5.19. The fourth-order valence-electron chi connectivity index (χ4n) is 2.51. The third kappa shape index (κ3) is 2.29. The third-order valence-electron chi connectivity index (χ3n) is 3.65. The number of nitrogens with zero attached hydrogens (tertiary/aromatic N) is 4. The molecule has 3 heterocycles. The van der Waals surface area contributed by atoms with Gasteiger partial charge in [0.2, 0.25) is 11.8 Å². The van der Waals surface area contributed by atoms with Crippen LogP contribution in [-0.2, 0) is 4.74 Å². The van der Waals surface area contributed by atoms with Crippen molar-refractivity contribution < 1.29 is 13.7 Å². The number of aryl methyl sites for hydroxylation is 1. The highest BCUT2D eigenvalue weighted by atomic mass is 16.5. The van der Waals surface area contributed by atoms with Gasteiger partial charge in [0.25, 0.3) is 5.89 Å². The number of benzene rings is 1. The van der Waals surface area contributed by atoms with Gasteiger partial charge in [0.15, 0.2) is 5.82 Å². The summed E-state index contributed by atoms with van der Waals surface area (Å²) < 4.78 is 16.3. The van der Waals surface area contributed by atoms with E-state index in [9.17, 15) is 0 Å². The zero-order chi connectivity index (χ0) is 14.9. The first-order valence-corrected chi connectivity index (χ1v) is 7.12. The van der Waals surface area contributed by atoms with Crippen LogP contribution in [0.3, 0.4) is 0 Å². The van der Waals surface area contributed by atoms with Gasteiger partial charge < -0.3 is 13.7 Å². The molecule has 4 rings (SSSR count). The lowest BCUT2D eigenvalue weighted by Gasteiger charge is -2.01. The SMILES string of the molecule is Cc1nnc(-c2ccccc2-c2nc(C3CCOC3)no2)o1. The van der Waals surface area contributed by atoms with E-state index in [4.69, 9.17) is 13.7 Å². The van der Waals surface area contributed by atoms with Gasteiger partial charge in [-0.2, -0.15) is 4.98 Å². The molecule has 0 aliphatic carbocycles. The summed E-state index contributed by atoms with van der Waals surface area (Å²) in [6.45, 7) is 3.14. The number of hydrogen-bond donors (Lipinski definition) is 0. The van der Waals surface area contributed by atoms with E-state index < -0.39 is 0 Å². The molecule has 1 aliphatic rings. The van der Waals surface area contributed by atoms with Crippen molar-refractivity contribution in [2.45, 2.75) is 19.3 Å². The van der Waals surface area contributed by atoms with Crippen LogP contribution in [0, 0.1) is 6.92 Å². The largest absolute Gasteiger partial charge is 0.421 e. The summed E-state index contributed by atoms with van der Waals surface area (Å²) in [6, 6.07) is 7.60. The molecule has 3 aromatic rings. The van der Waals surface area contributed by atoms with Crippen molar-refractivity contribution in [2.75, 3.05) is 13.2 Å².